The van der Waals surface area contributed by atoms with Crippen LogP contribution in [0.2, 0.25) is 0 Å². The van der Waals surface area contributed by atoms with E-state index in [1.807, 2.05) is 31.5 Å². The van der Waals surface area contributed by atoms with Crippen molar-refractivity contribution in [3.8, 4) is 10.8 Å². The van der Waals surface area contributed by atoms with Gasteiger partial charge >= 0.3 is 0 Å². The van der Waals surface area contributed by atoms with Crippen molar-refractivity contribution in [2.24, 2.45) is 0 Å². The quantitative estimate of drug-likeness (QED) is 0.592. The predicted octanol–water partition coefficient (Wildman–Crippen LogP) is 4.63. The summed E-state index contributed by atoms with van der Waals surface area (Å²) in [7, 11) is 1.82. The fourth-order valence-electron chi connectivity index (χ4n) is 2.47. The van der Waals surface area contributed by atoms with E-state index in [1.165, 1.54) is 4.90 Å². The highest BCUT2D eigenvalue weighted by Gasteiger charge is 2.17. The summed E-state index contributed by atoms with van der Waals surface area (Å²) in [6.45, 7) is 2.44. The predicted molar refractivity (Wildman–Crippen MR) is 103 cm³/mol. The first-order chi connectivity index (χ1) is 12.1. The first-order valence-electron chi connectivity index (χ1n) is 7.94. The van der Waals surface area contributed by atoms with Crippen LogP contribution < -0.4 is 0 Å². The van der Waals surface area contributed by atoms with E-state index in [9.17, 15) is 4.79 Å². The minimum absolute atomic E-state index is 0.0306. The Morgan fingerprint density at radius 2 is 2.04 bits per heavy atom. The molecule has 25 heavy (non-hydrogen) atoms. The van der Waals surface area contributed by atoms with E-state index in [2.05, 4.69) is 35.5 Å². The molecule has 3 aromatic rings. The third-order valence-corrected chi connectivity index (χ3v) is 5.55. The molecule has 0 saturated heterocycles. The normalized spacial score (nSPS) is 10.8. The van der Waals surface area contributed by atoms with E-state index in [4.69, 9.17) is 4.42 Å². The van der Waals surface area contributed by atoms with Crippen LogP contribution in [0, 0.1) is 6.92 Å². The Hall–Kier alpha value is -2.05. The molecule has 2 aromatic heterocycles. The molecular formula is C19H20N2O2S2. The van der Waals surface area contributed by atoms with Crippen molar-refractivity contribution in [1.29, 1.82) is 0 Å². The zero-order chi connectivity index (χ0) is 17.8. The van der Waals surface area contributed by atoms with Crippen LogP contribution in [0.4, 0.5) is 0 Å². The molecule has 2 heterocycles. The molecule has 0 fully saturated rings. The van der Waals surface area contributed by atoms with E-state index < -0.39 is 0 Å². The number of likely N-dealkylation sites (N-methyl/N-ethyl adjacent to an activating group) is 1. The van der Waals surface area contributed by atoms with Crippen molar-refractivity contribution in [1.82, 2.24) is 9.88 Å². The Kier molecular flexibility index (Phi) is 5.60. The van der Waals surface area contributed by atoms with Crippen LogP contribution in [-0.4, -0.2) is 29.1 Å². The van der Waals surface area contributed by atoms with Crippen molar-refractivity contribution in [3.63, 3.8) is 0 Å². The molecule has 0 unspecified atom stereocenters. The number of oxazole rings is 1. The number of nitrogens with zero attached hydrogens (tertiary/aromatic N) is 2. The number of carbonyl (C=O) groups is 1. The topological polar surface area (TPSA) is 46.3 Å². The lowest BCUT2D eigenvalue weighted by atomic mass is 10.2. The molecule has 0 bridgehead atoms. The Morgan fingerprint density at radius 1 is 1.28 bits per heavy atom. The molecule has 0 radical (unpaired) electrons. The van der Waals surface area contributed by atoms with E-state index in [-0.39, 0.29) is 12.3 Å². The molecule has 0 N–H and O–H groups in total. The highest BCUT2D eigenvalue weighted by Crippen LogP contribution is 2.26. The van der Waals surface area contributed by atoms with E-state index in [0.29, 0.717) is 23.9 Å². The van der Waals surface area contributed by atoms with Gasteiger partial charge in [0.05, 0.1) is 17.0 Å². The van der Waals surface area contributed by atoms with Gasteiger partial charge in [-0.3, -0.25) is 4.79 Å². The number of aromatic nitrogens is 1. The largest absolute Gasteiger partial charge is 0.440 e. The van der Waals surface area contributed by atoms with Gasteiger partial charge in [0.15, 0.2) is 0 Å². The van der Waals surface area contributed by atoms with Gasteiger partial charge in [0.2, 0.25) is 11.8 Å². The van der Waals surface area contributed by atoms with Crippen LogP contribution in [0.3, 0.4) is 0 Å². The summed E-state index contributed by atoms with van der Waals surface area (Å²) in [5.41, 5.74) is 1.82. The fraction of sp³-hybridized carbons (Fsp3) is 0.263. The number of hydrogen-bond acceptors (Lipinski definition) is 5. The summed E-state index contributed by atoms with van der Waals surface area (Å²) in [6, 6.07) is 12.2. The van der Waals surface area contributed by atoms with Gasteiger partial charge in [-0.15, -0.1) is 23.1 Å². The minimum atomic E-state index is 0.0306. The molecule has 3 rings (SSSR count). The van der Waals surface area contributed by atoms with E-state index >= 15 is 0 Å². The maximum atomic E-state index is 12.5. The average Bonchev–Trinajstić information content (AvgIpc) is 3.26. The van der Waals surface area contributed by atoms with Crippen molar-refractivity contribution >= 4 is 29.0 Å². The highest BCUT2D eigenvalue weighted by atomic mass is 32.2. The van der Waals surface area contributed by atoms with E-state index in [0.717, 1.165) is 10.4 Å². The first kappa shape index (κ1) is 17.8. The standard InChI is InChI=1S/C19H20N2O2S2/c1-13-16(20-19(23-13)17-5-4-10-25-17)11-18(22)21(2)12-14-6-8-15(24-3)9-7-14/h4-10H,11-12H2,1-3H3. The van der Waals surface area contributed by atoms with Crippen LogP contribution in [0.25, 0.3) is 10.8 Å². The van der Waals surface area contributed by atoms with Gasteiger partial charge in [-0.25, -0.2) is 4.98 Å². The molecule has 6 heteroatoms. The molecule has 0 aliphatic rings. The first-order valence-corrected chi connectivity index (χ1v) is 10.0. The Bertz CT molecular complexity index is 839. The third-order valence-electron chi connectivity index (χ3n) is 3.95. The third kappa shape index (κ3) is 4.32. The van der Waals surface area contributed by atoms with E-state index in [1.54, 1.807) is 28.0 Å². The summed E-state index contributed by atoms with van der Waals surface area (Å²) in [6.07, 6.45) is 2.30. The Labute approximate surface area is 155 Å². The van der Waals surface area contributed by atoms with Gasteiger partial charge in [0.25, 0.3) is 0 Å². The number of aryl methyl sites for hydroxylation is 1. The number of thiophene rings is 1. The van der Waals surface area contributed by atoms with Crippen molar-refractivity contribution in [2.45, 2.75) is 24.8 Å². The molecule has 0 saturated carbocycles. The molecule has 130 valence electrons. The van der Waals surface area contributed by atoms with Gasteiger partial charge in [0.1, 0.15) is 5.76 Å². The van der Waals surface area contributed by atoms with Crippen LogP contribution >= 0.6 is 23.1 Å². The number of carbonyl (C=O) groups excluding carboxylic acids is 1. The van der Waals surface area contributed by atoms with Gasteiger partial charge in [-0.2, -0.15) is 0 Å². The lowest BCUT2D eigenvalue weighted by molar-refractivity contribution is -0.129. The summed E-state index contributed by atoms with van der Waals surface area (Å²) in [4.78, 5) is 21.0. The molecular weight excluding hydrogens is 352 g/mol. The second-order valence-corrected chi connectivity index (χ2v) is 7.60. The van der Waals surface area contributed by atoms with Gasteiger partial charge in [-0.1, -0.05) is 18.2 Å². The van der Waals surface area contributed by atoms with Gasteiger partial charge < -0.3 is 9.32 Å². The Balaban J connectivity index is 1.65. The summed E-state index contributed by atoms with van der Waals surface area (Å²) >= 11 is 3.28. The Morgan fingerprint density at radius 3 is 2.68 bits per heavy atom. The second-order valence-electron chi connectivity index (χ2n) is 5.77. The van der Waals surface area contributed by atoms with Crippen molar-refractivity contribution in [2.75, 3.05) is 13.3 Å². The fourth-order valence-corrected chi connectivity index (χ4v) is 3.53. The molecule has 0 spiro atoms. The zero-order valence-electron chi connectivity index (χ0n) is 14.5. The number of rotatable bonds is 6. The minimum Gasteiger partial charge on any atom is -0.440 e. The molecule has 1 aromatic carbocycles. The molecule has 4 nitrogen and oxygen atoms in total. The smallest absolute Gasteiger partial charge is 0.236 e. The van der Waals surface area contributed by atoms with Gasteiger partial charge in [0, 0.05) is 18.5 Å². The van der Waals surface area contributed by atoms with Crippen molar-refractivity contribution < 1.29 is 9.21 Å². The summed E-state index contributed by atoms with van der Waals surface area (Å²) < 4.78 is 5.71. The maximum Gasteiger partial charge on any atom is 0.236 e. The number of thioether (sulfide) groups is 1. The average molecular weight is 373 g/mol. The number of amides is 1. The van der Waals surface area contributed by atoms with Crippen LogP contribution in [0.5, 0.6) is 0 Å². The monoisotopic (exact) mass is 372 g/mol. The second kappa shape index (κ2) is 7.89. The van der Waals surface area contributed by atoms with Crippen LogP contribution in [-0.2, 0) is 17.8 Å². The molecule has 0 atom stereocenters. The van der Waals surface area contributed by atoms with Crippen LogP contribution in [0.15, 0.2) is 51.1 Å². The molecule has 0 aliphatic carbocycles. The lowest BCUT2D eigenvalue weighted by Crippen LogP contribution is -2.28. The highest BCUT2D eigenvalue weighted by molar-refractivity contribution is 7.98. The molecule has 1 amide bonds. The summed E-state index contributed by atoms with van der Waals surface area (Å²) in [5.74, 6) is 1.32. The maximum absolute atomic E-state index is 12.5. The lowest BCUT2D eigenvalue weighted by Gasteiger charge is -2.17. The number of hydrogen-bond donors (Lipinski definition) is 0. The zero-order valence-corrected chi connectivity index (χ0v) is 16.1. The van der Waals surface area contributed by atoms with Crippen molar-refractivity contribution in [3.05, 3.63) is 58.8 Å². The number of benzene rings is 1. The van der Waals surface area contributed by atoms with Crippen LogP contribution in [0.1, 0.15) is 17.0 Å². The summed E-state index contributed by atoms with van der Waals surface area (Å²) in [5, 5.41) is 1.98. The molecule has 0 aliphatic heterocycles. The van der Waals surface area contributed by atoms with Gasteiger partial charge in [-0.05, 0) is 42.3 Å². The SMILES string of the molecule is CSc1ccc(CN(C)C(=O)Cc2nc(-c3cccs3)oc2C)cc1.